The van der Waals surface area contributed by atoms with Crippen molar-refractivity contribution in [3.8, 4) is 17.3 Å². The molecule has 1 aromatic carbocycles. The Morgan fingerprint density at radius 2 is 1.81 bits per heavy atom. The zero-order valence-corrected chi connectivity index (χ0v) is 11.3. The highest BCUT2D eigenvalue weighted by molar-refractivity contribution is 5.60. The fourth-order valence-electron chi connectivity index (χ4n) is 1.75. The van der Waals surface area contributed by atoms with Crippen molar-refractivity contribution >= 4 is 0 Å². The lowest BCUT2D eigenvalue weighted by Gasteiger charge is -2.09. The summed E-state index contributed by atoms with van der Waals surface area (Å²) in [6, 6.07) is 6.54. The summed E-state index contributed by atoms with van der Waals surface area (Å²) in [5, 5.41) is 0. The summed E-state index contributed by atoms with van der Waals surface area (Å²) in [6.07, 6.45) is -4.36. The van der Waals surface area contributed by atoms with Gasteiger partial charge in [0.15, 0.2) is 0 Å². The van der Waals surface area contributed by atoms with E-state index in [2.05, 4.69) is 9.97 Å². The van der Waals surface area contributed by atoms with Crippen LogP contribution in [0.3, 0.4) is 0 Å². The van der Waals surface area contributed by atoms with Crippen molar-refractivity contribution in [3.05, 3.63) is 41.6 Å². The predicted octanol–water partition coefficient (Wildman–Crippen LogP) is 3.02. The Morgan fingerprint density at radius 3 is 2.33 bits per heavy atom. The first-order chi connectivity index (χ1) is 9.94. The van der Waals surface area contributed by atoms with Gasteiger partial charge in [0.05, 0.1) is 23.6 Å². The molecule has 0 saturated carbocycles. The van der Waals surface area contributed by atoms with Gasteiger partial charge in [-0.1, -0.05) is 12.1 Å². The summed E-state index contributed by atoms with van der Waals surface area (Å²) in [4.78, 5) is 8.25. The number of nitrogens with zero attached hydrogens (tertiary/aromatic N) is 2. The van der Waals surface area contributed by atoms with Crippen LogP contribution in [0, 0.1) is 0 Å². The molecule has 2 aromatic rings. The molecule has 4 nitrogen and oxygen atoms in total. The van der Waals surface area contributed by atoms with E-state index in [0.717, 1.165) is 12.1 Å². The highest BCUT2D eigenvalue weighted by Gasteiger charge is 2.30. The van der Waals surface area contributed by atoms with Crippen molar-refractivity contribution in [1.82, 2.24) is 9.97 Å². The topological polar surface area (TPSA) is 61.0 Å². The molecule has 0 bridgehead atoms. The minimum atomic E-state index is -4.36. The second kappa shape index (κ2) is 6.09. The zero-order valence-electron chi connectivity index (χ0n) is 11.3. The lowest BCUT2D eigenvalue weighted by molar-refractivity contribution is -0.137. The van der Waals surface area contributed by atoms with Gasteiger partial charge in [-0.05, 0) is 25.1 Å². The molecule has 0 atom stereocenters. The third kappa shape index (κ3) is 3.69. The van der Waals surface area contributed by atoms with Gasteiger partial charge in [-0.2, -0.15) is 23.1 Å². The summed E-state index contributed by atoms with van der Waals surface area (Å²) in [5.41, 5.74) is 6.42. The van der Waals surface area contributed by atoms with Crippen LogP contribution in [0.2, 0.25) is 0 Å². The second-order valence-electron chi connectivity index (χ2n) is 4.24. The van der Waals surface area contributed by atoms with Crippen LogP contribution in [-0.4, -0.2) is 16.6 Å². The molecule has 0 amide bonds. The van der Waals surface area contributed by atoms with Crippen LogP contribution in [0.1, 0.15) is 18.2 Å². The number of aromatic nitrogens is 2. The summed E-state index contributed by atoms with van der Waals surface area (Å²) in [6.45, 7) is 2.37. The number of nitrogens with two attached hydrogens (primary N) is 1. The first-order valence-corrected chi connectivity index (χ1v) is 6.32. The Kier molecular flexibility index (Phi) is 4.42. The normalized spacial score (nSPS) is 11.5. The zero-order chi connectivity index (χ0) is 15.5. The maximum atomic E-state index is 12.5. The number of alkyl halides is 3. The SMILES string of the molecule is CCOc1nc(CN)cc(-c2ccc(C(F)(F)F)cc2)n1. The fourth-order valence-corrected chi connectivity index (χ4v) is 1.75. The fraction of sp³-hybridized carbons (Fsp3) is 0.286. The van der Waals surface area contributed by atoms with Crippen molar-refractivity contribution in [1.29, 1.82) is 0 Å². The van der Waals surface area contributed by atoms with Gasteiger partial charge in [-0.25, -0.2) is 0 Å². The predicted molar refractivity (Wildman–Crippen MR) is 71.5 cm³/mol. The summed E-state index contributed by atoms with van der Waals surface area (Å²) < 4.78 is 42.9. The Bertz CT molecular complexity index is 612. The van der Waals surface area contributed by atoms with E-state index in [4.69, 9.17) is 10.5 Å². The summed E-state index contributed by atoms with van der Waals surface area (Å²) >= 11 is 0. The summed E-state index contributed by atoms with van der Waals surface area (Å²) in [7, 11) is 0. The van der Waals surface area contributed by atoms with Crippen molar-refractivity contribution in [3.63, 3.8) is 0 Å². The quantitative estimate of drug-likeness (QED) is 0.942. The minimum Gasteiger partial charge on any atom is -0.464 e. The highest BCUT2D eigenvalue weighted by atomic mass is 19.4. The van der Waals surface area contributed by atoms with E-state index in [-0.39, 0.29) is 12.6 Å². The number of halogens is 3. The van der Waals surface area contributed by atoms with E-state index in [9.17, 15) is 13.2 Å². The number of hydrogen-bond donors (Lipinski definition) is 1. The highest BCUT2D eigenvalue weighted by Crippen LogP contribution is 2.30. The molecule has 0 aliphatic heterocycles. The van der Waals surface area contributed by atoms with Crippen LogP contribution in [-0.2, 0) is 12.7 Å². The molecule has 0 saturated heterocycles. The van der Waals surface area contributed by atoms with Crippen molar-refractivity contribution < 1.29 is 17.9 Å². The molecule has 21 heavy (non-hydrogen) atoms. The number of benzene rings is 1. The van der Waals surface area contributed by atoms with Crippen molar-refractivity contribution in [2.45, 2.75) is 19.6 Å². The monoisotopic (exact) mass is 297 g/mol. The third-order valence-corrected chi connectivity index (χ3v) is 2.75. The van der Waals surface area contributed by atoms with E-state index < -0.39 is 11.7 Å². The number of ether oxygens (including phenoxy) is 1. The van der Waals surface area contributed by atoms with Gasteiger partial charge in [0.1, 0.15) is 0 Å². The van der Waals surface area contributed by atoms with Gasteiger partial charge in [0.25, 0.3) is 0 Å². The lowest BCUT2D eigenvalue weighted by Crippen LogP contribution is -2.06. The van der Waals surface area contributed by atoms with E-state index in [1.807, 2.05) is 0 Å². The Hall–Kier alpha value is -2.15. The van der Waals surface area contributed by atoms with E-state index in [1.54, 1.807) is 13.0 Å². The molecule has 0 radical (unpaired) electrons. The maximum absolute atomic E-state index is 12.5. The smallest absolute Gasteiger partial charge is 0.416 e. The maximum Gasteiger partial charge on any atom is 0.416 e. The molecule has 7 heteroatoms. The van der Waals surface area contributed by atoms with Crippen LogP contribution < -0.4 is 10.5 Å². The van der Waals surface area contributed by atoms with Gasteiger partial charge in [-0.15, -0.1) is 0 Å². The molecule has 2 N–H and O–H groups in total. The molecule has 0 spiro atoms. The third-order valence-electron chi connectivity index (χ3n) is 2.75. The van der Waals surface area contributed by atoms with Crippen LogP contribution in [0.4, 0.5) is 13.2 Å². The lowest BCUT2D eigenvalue weighted by atomic mass is 10.1. The number of hydrogen-bond acceptors (Lipinski definition) is 4. The average Bonchev–Trinajstić information content (AvgIpc) is 2.46. The molecule has 0 unspecified atom stereocenters. The Labute approximate surface area is 119 Å². The van der Waals surface area contributed by atoms with Crippen LogP contribution >= 0.6 is 0 Å². The number of rotatable bonds is 4. The molecule has 1 aromatic heterocycles. The molecule has 2 rings (SSSR count). The largest absolute Gasteiger partial charge is 0.464 e. The van der Waals surface area contributed by atoms with Gasteiger partial charge >= 0.3 is 12.2 Å². The molecular weight excluding hydrogens is 283 g/mol. The minimum absolute atomic E-state index is 0.162. The van der Waals surface area contributed by atoms with E-state index >= 15 is 0 Å². The molecular formula is C14H14F3N3O. The van der Waals surface area contributed by atoms with Gasteiger partial charge < -0.3 is 10.5 Å². The van der Waals surface area contributed by atoms with Gasteiger partial charge in [0.2, 0.25) is 0 Å². The van der Waals surface area contributed by atoms with Gasteiger partial charge in [-0.3, -0.25) is 0 Å². The van der Waals surface area contributed by atoms with Crippen LogP contribution in [0.5, 0.6) is 6.01 Å². The second-order valence-corrected chi connectivity index (χ2v) is 4.24. The summed E-state index contributed by atoms with van der Waals surface area (Å²) in [5.74, 6) is 0. The standard InChI is InChI=1S/C14H14F3N3O/c1-2-21-13-19-11(8-18)7-12(20-13)9-3-5-10(6-4-9)14(15,16)17/h3-7H,2,8,18H2,1H3. The van der Waals surface area contributed by atoms with Gasteiger partial charge in [0, 0.05) is 12.1 Å². The Morgan fingerprint density at radius 1 is 1.14 bits per heavy atom. The molecule has 0 aliphatic carbocycles. The molecule has 112 valence electrons. The Balaban J connectivity index is 2.39. The van der Waals surface area contributed by atoms with E-state index in [0.29, 0.717) is 23.6 Å². The first-order valence-electron chi connectivity index (χ1n) is 6.32. The molecule has 0 aliphatic rings. The first kappa shape index (κ1) is 15.2. The van der Waals surface area contributed by atoms with E-state index in [1.165, 1.54) is 12.1 Å². The molecule has 1 heterocycles. The van der Waals surface area contributed by atoms with Crippen molar-refractivity contribution in [2.24, 2.45) is 5.73 Å². The average molecular weight is 297 g/mol. The molecule has 0 fully saturated rings. The van der Waals surface area contributed by atoms with Crippen LogP contribution in [0.25, 0.3) is 11.3 Å². The van der Waals surface area contributed by atoms with Crippen LogP contribution in [0.15, 0.2) is 30.3 Å². The van der Waals surface area contributed by atoms with Crippen molar-refractivity contribution in [2.75, 3.05) is 6.61 Å².